The highest BCUT2D eigenvalue weighted by Crippen LogP contribution is 2.43. The lowest BCUT2D eigenvalue weighted by molar-refractivity contribution is -0.139. The lowest BCUT2D eigenvalue weighted by atomic mass is 9.80. The van der Waals surface area contributed by atoms with Crippen molar-refractivity contribution < 1.29 is 28.6 Å². The van der Waals surface area contributed by atoms with E-state index in [4.69, 9.17) is 37.4 Å². The van der Waals surface area contributed by atoms with Crippen molar-refractivity contribution >= 4 is 41.1 Å². The molecule has 1 aliphatic heterocycles. The quantitative estimate of drug-likeness (QED) is 0.428. The third-order valence-corrected chi connectivity index (χ3v) is 6.03. The molecule has 0 spiro atoms. The normalized spacial score (nSPS) is 15.5. The summed E-state index contributed by atoms with van der Waals surface area (Å²) < 4.78 is 15.8. The van der Waals surface area contributed by atoms with Crippen molar-refractivity contribution in [3.63, 3.8) is 0 Å². The zero-order valence-corrected chi connectivity index (χ0v) is 20.3. The zero-order chi connectivity index (χ0) is 24.8. The number of carbonyl (C=O) groups is 3. The number of hydrogen-bond acceptors (Lipinski definition) is 7. The van der Waals surface area contributed by atoms with Gasteiger partial charge in [0.1, 0.15) is 6.61 Å². The van der Waals surface area contributed by atoms with E-state index < -0.39 is 23.8 Å². The number of esters is 3. The number of nitrogens with one attached hydrogen (secondary N) is 1. The first kappa shape index (κ1) is 25.3. The van der Waals surface area contributed by atoms with Crippen molar-refractivity contribution in [2.75, 3.05) is 20.3 Å². The highest BCUT2D eigenvalue weighted by Gasteiger charge is 2.40. The van der Waals surface area contributed by atoms with Gasteiger partial charge in [-0.15, -0.1) is 0 Å². The molecule has 9 heteroatoms. The number of rotatable bonds is 7. The number of halogens is 2. The van der Waals surface area contributed by atoms with Gasteiger partial charge in [0.25, 0.3) is 0 Å². The Hall–Kier alpha value is -3.29. The molecule has 1 aliphatic rings. The van der Waals surface area contributed by atoms with Gasteiger partial charge in [0, 0.05) is 5.70 Å². The van der Waals surface area contributed by atoms with E-state index in [2.05, 4.69) is 5.32 Å². The minimum absolute atomic E-state index is 0.0675. The Balaban J connectivity index is 2.13. The Morgan fingerprint density at radius 1 is 0.912 bits per heavy atom. The number of hydrogen-bond donors (Lipinski definition) is 1. The number of benzene rings is 2. The summed E-state index contributed by atoms with van der Waals surface area (Å²) in [6.45, 7) is 3.13. The molecule has 0 bridgehead atoms. The maximum atomic E-state index is 13.2. The van der Waals surface area contributed by atoms with Crippen molar-refractivity contribution in [3.05, 3.63) is 92.2 Å². The van der Waals surface area contributed by atoms with Crippen LogP contribution in [0.4, 0.5) is 0 Å². The summed E-state index contributed by atoms with van der Waals surface area (Å²) in [7, 11) is 1.24. The van der Waals surface area contributed by atoms with Crippen molar-refractivity contribution in [1.82, 2.24) is 5.32 Å². The summed E-state index contributed by atoms with van der Waals surface area (Å²) in [5, 5.41) is 3.44. The van der Waals surface area contributed by atoms with Gasteiger partial charge in [0.2, 0.25) is 0 Å². The topological polar surface area (TPSA) is 90.9 Å². The molecule has 0 aromatic heterocycles. The zero-order valence-electron chi connectivity index (χ0n) is 18.8. The van der Waals surface area contributed by atoms with Crippen molar-refractivity contribution in [3.8, 4) is 0 Å². The van der Waals surface area contributed by atoms with Gasteiger partial charge in [0.15, 0.2) is 0 Å². The minimum atomic E-state index is -0.968. The molecular weight excluding hydrogens is 481 g/mol. The van der Waals surface area contributed by atoms with Gasteiger partial charge in [0.05, 0.1) is 52.1 Å². The maximum Gasteiger partial charge on any atom is 0.338 e. The molecule has 7 nitrogen and oxygen atoms in total. The first-order chi connectivity index (χ1) is 16.3. The maximum absolute atomic E-state index is 13.2. The molecule has 2 aromatic carbocycles. The fraction of sp³-hybridized carbons (Fsp3) is 0.240. The van der Waals surface area contributed by atoms with Crippen LogP contribution in [0.3, 0.4) is 0 Å². The van der Waals surface area contributed by atoms with Gasteiger partial charge in [-0.1, -0.05) is 53.5 Å². The second kappa shape index (κ2) is 11.2. The number of carbonyl (C=O) groups excluding carboxylic acids is 3. The van der Waals surface area contributed by atoms with Crippen LogP contribution in [0.15, 0.2) is 71.1 Å². The number of allylic oxidation sites excluding steroid dienone is 1. The summed E-state index contributed by atoms with van der Waals surface area (Å²) in [4.78, 5) is 38.5. The molecule has 0 saturated carbocycles. The highest BCUT2D eigenvalue weighted by atomic mass is 35.5. The monoisotopic (exact) mass is 503 g/mol. The minimum Gasteiger partial charge on any atom is -0.466 e. The predicted molar refractivity (Wildman–Crippen MR) is 127 cm³/mol. The fourth-order valence-corrected chi connectivity index (χ4v) is 4.11. The largest absolute Gasteiger partial charge is 0.466 e. The summed E-state index contributed by atoms with van der Waals surface area (Å²) in [5.41, 5.74) is 1.66. The van der Waals surface area contributed by atoms with Crippen LogP contribution in [-0.2, 0) is 23.8 Å². The van der Waals surface area contributed by atoms with Crippen molar-refractivity contribution in [2.24, 2.45) is 0 Å². The van der Waals surface area contributed by atoms with E-state index >= 15 is 0 Å². The van der Waals surface area contributed by atoms with E-state index in [1.807, 2.05) is 0 Å². The van der Waals surface area contributed by atoms with E-state index in [9.17, 15) is 14.4 Å². The Bertz CT molecular complexity index is 1170. The molecule has 178 valence electrons. The number of dihydropyridines is 1. The van der Waals surface area contributed by atoms with Crippen LogP contribution < -0.4 is 5.32 Å². The lowest BCUT2D eigenvalue weighted by Gasteiger charge is -2.31. The first-order valence-electron chi connectivity index (χ1n) is 10.4. The number of methoxy groups -OCH3 is 1. The molecule has 0 saturated heterocycles. The van der Waals surface area contributed by atoms with Crippen LogP contribution in [-0.4, -0.2) is 38.2 Å². The van der Waals surface area contributed by atoms with Crippen molar-refractivity contribution in [2.45, 2.75) is 19.8 Å². The summed E-state index contributed by atoms with van der Waals surface area (Å²) in [5.74, 6) is -2.90. The smallest absolute Gasteiger partial charge is 0.338 e. The second-order valence-electron chi connectivity index (χ2n) is 7.29. The molecular formula is C25H23Cl2NO6. The Labute approximate surface area is 207 Å². The van der Waals surface area contributed by atoms with E-state index in [0.717, 1.165) is 0 Å². The Morgan fingerprint density at radius 2 is 1.62 bits per heavy atom. The molecule has 1 unspecified atom stereocenters. The van der Waals surface area contributed by atoms with Crippen LogP contribution in [0, 0.1) is 0 Å². The molecule has 0 aliphatic carbocycles. The highest BCUT2D eigenvalue weighted by molar-refractivity contribution is 6.42. The van der Waals surface area contributed by atoms with Gasteiger partial charge in [-0.3, -0.25) is 0 Å². The average Bonchev–Trinajstić information content (AvgIpc) is 2.84. The van der Waals surface area contributed by atoms with Crippen LogP contribution in [0.1, 0.15) is 35.7 Å². The lowest BCUT2D eigenvalue weighted by Crippen LogP contribution is -2.35. The number of ether oxygens (including phenoxy) is 3. The van der Waals surface area contributed by atoms with Gasteiger partial charge in [-0.25, -0.2) is 14.4 Å². The van der Waals surface area contributed by atoms with Crippen molar-refractivity contribution in [1.29, 1.82) is 0 Å². The molecule has 3 rings (SSSR count). The predicted octanol–water partition coefficient (Wildman–Crippen LogP) is 4.80. The van der Waals surface area contributed by atoms with E-state index in [-0.39, 0.29) is 40.1 Å². The van der Waals surface area contributed by atoms with Gasteiger partial charge < -0.3 is 19.5 Å². The van der Waals surface area contributed by atoms with Gasteiger partial charge in [-0.05, 0) is 37.6 Å². The molecule has 1 atom stereocenters. The molecule has 0 radical (unpaired) electrons. The van der Waals surface area contributed by atoms with E-state index in [1.165, 1.54) is 7.11 Å². The van der Waals surface area contributed by atoms with Crippen LogP contribution >= 0.6 is 23.2 Å². The Kier molecular flexibility index (Phi) is 8.36. The van der Waals surface area contributed by atoms with Gasteiger partial charge >= 0.3 is 17.9 Å². The summed E-state index contributed by atoms with van der Waals surface area (Å²) in [6, 6.07) is 13.4. The van der Waals surface area contributed by atoms with Crippen LogP contribution in [0.5, 0.6) is 0 Å². The molecule has 1 heterocycles. The van der Waals surface area contributed by atoms with E-state index in [1.54, 1.807) is 62.4 Å². The SMILES string of the molecule is CCOC(=O)C1=C(COC(=O)c2ccccc2)NC(C)=C(C(=O)OC)C1c1cccc(Cl)c1Cl. The summed E-state index contributed by atoms with van der Waals surface area (Å²) in [6.07, 6.45) is 0. The van der Waals surface area contributed by atoms with Crippen LogP contribution in [0.25, 0.3) is 0 Å². The molecule has 2 aromatic rings. The molecule has 1 N–H and O–H groups in total. The average molecular weight is 504 g/mol. The Morgan fingerprint density at radius 3 is 2.26 bits per heavy atom. The second-order valence-corrected chi connectivity index (χ2v) is 8.07. The molecule has 34 heavy (non-hydrogen) atoms. The third-order valence-electron chi connectivity index (χ3n) is 5.20. The third kappa shape index (κ3) is 5.26. The fourth-order valence-electron chi connectivity index (χ4n) is 3.69. The van der Waals surface area contributed by atoms with Gasteiger partial charge in [-0.2, -0.15) is 0 Å². The van der Waals surface area contributed by atoms with E-state index in [0.29, 0.717) is 16.8 Å². The molecule has 0 amide bonds. The van der Waals surface area contributed by atoms with Crippen LogP contribution in [0.2, 0.25) is 10.0 Å². The first-order valence-corrected chi connectivity index (χ1v) is 11.2. The summed E-state index contributed by atoms with van der Waals surface area (Å²) >= 11 is 12.7. The molecule has 0 fully saturated rings. The standard InChI is InChI=1S/C25H23Cl2NO6/c1-4-33-25(31)21-18(13-34-23(29)15-9-6-5-7-10-15)28-14(2)19(24(30)32-3)20(21)16-11-8-12-17(26)22(16)27/h5-12,20,28H,4,13H2,1-3H3.